The first kappa shape index (κ1) is 14.0. The van der Waals surface area contributed by atoms with Gasteiger partial charge in [-0.2, -0.15) is 0 Å². The van der Waals surface area contributed by atoms with Crippen LogP contribution in [-0.4, -0.2) is 33.8 Å². The molecular weight excluding hydrogens is 236 g/mol. The standard InChI is InChI=1S/C12H20N2O2S/c1-4-14(12-8-6-5-7-9-12)17(15,16)11(2)10-13-3/h5-9,11,13H,4,10H2,1-3H3. The molecule has 0 spiro atoms. The maximum absolute atomic E-state index is 12.3. The van der Waals surface area contributed by atoms with Crippen LogP contribution >= 0.6 is 0 Å². The van der Waals surface area contributed by atoms with Crippen molar-refractivity contribution in [3.63, 3.8) is 0 Å². The third-order valence-corrected chi connectivity index (χ3v) is 4.91. The molecular formula is C12H20N2O2S. The van der Waals surface area contributed by atoms with Crippen molar-refractivity contribution in [1.29, 1.82) is 0 Å². The lowest BCUT2D eigenvalue weighted by atomic mass is 10.3. The number of nitrogens with zero attached hydrogens (tertiary/aromatic N) is 1. The summed E-state index contributed by atoms with van der Waals surface area (Å²) in [6, 6.07) is 9.19. The van der Waals surface area contributed by atoms with E-state index in [4.69, 9.17) is 0 Å². The minimum absolute atomic E-state index is 0.437. The summed E-state index contributed by atoms with van der Waals surface area (Å²) in [6.45, 7) is 4.46. The number of anilines is 1. The molecule has 0 heterocycles. The summed E-state index contributed by atoms with van der Waals surface area (Å²) in [7, 11) is -1.54. The Labute approximate surface area is 104 Å². The topological polar surface area (TPSA) is 49.4 Å². The Morgan fingerprint density at radius 1 is 1.29 bits per heavy atom. The van der Waals surface area contributed by atoms with E-state index in [9.17, 15) is 8.42 Å². The van der Waals surface area contributed by atoms with Gasteiger partial charge in [-0.25, -0.2) is 8.42 Å². The number of benzene rings is 1. The fourth-order valence-corrected chi connectivity index (χ4v) is 3.30. The minimum atomic E-state index is -3.30. The molecule has 0 aliphatic heterocycles. The zero-order chi connectivity index (χ0) is 12.9. The molecule has 0 fully saturated rings. The Hall–Kier alpha value is -1.07. The van der Waals surface area contributed by atoms with Crippen LogP contribution in [0.15, 0.2) is 30.3 Å². The first-order chi connectivity index (χ1) is 8.04. The second kappa shape index (κ2) is 6.02. The Morgan fingerprint density at radius 2 is 1.88 bits per heavy atom. The highest BCUT2D eigenvalue weighted by Crippen LogP contribution is 2.19. The first-order valence-corrected chi connectivity index (χ1v) is 7.25. The lowest BCUT2D eigenvalue weighted by molar-refractivity contribution is 0.574. The number of para-hydroxylation sites is 1. The van der Waals surface area contributed by atoms with Crippen LogP contribution in [0.4, 0.5) is 5.69 Å². The van der Waals surface area contributed by atoms with Gasteiger partial charge in [-0.3, -0.25) is 4.31 Å². The molecule has 1 unspecified atom stereocenters. The molecule has 1 atom stereocenters. The van der Waals surface area contributed by atoms with Gasteiger partial charge in [0, 0.05) is 13.1 Å². The van der Waals surface area contributed by atoms with E-state index in [2.05, 4.69) is 5.32 Å². The maximum atomic E-state index is 12.3. The van der Waals surface area contributed by atoms with E-state index in [-0.39, 0.29) is 0 Å². The monoisotopic (exact) mass is 256 g/mol. The molecule has 0 aliphatic rings. The second-order valence-corrected chi connectivity index (χ2v) is 6.19. The summed E-state index contributed by atoms with van der Waals surface area (Å²) >= 11 is 0. The van der Waals surface area contributed by atoms with Gasteiger partial charge in [0.05, 0.1) is 10.9 Å². The summed E-state index contributed by atoms with van der Waals surface area (Å²) in [5.74, 6) is 0. The Bertz CT molecular complexity index is 431. The maximum Gasteiger partial charge on any atom is 0.239 e. The number of rotatable bonds is 6. The molecule has 1 N–H and O–H groups in total. The number of nitrogens with one attached hydrogen (secondary N) is 1. The number of hydrogen-bond acceptors (Lipinski definition) is 3. The average molecular weight is 256 g/mol. The van der Waals surface area contributed by atoms with Crippen LogP contribution < -0.4 is 9.62 Å². The van der Waals surface area contributed by atoms with Crippen molar-refractivity contribution in [3.8, 4) is 0 Å². The predicted octanol–water partition coefficient (Wildman–Crippen LogP) is 1.45. The lowest BCUT2D eigenvalue weighted by Gasteiger charge is -2.26. The largest absolute Gasteiger partial charge is 0.318 e. The molecule has 0 bridgehead atoms. The molecule has 0 aliphatic carbocycles. The predicted molar refractivity (Wildman–Crippen MR) is 71.8 cm³/mol. The third-order valence-electron chi connectivity index (χ3n) is 2.64. The van der Waals surface area contributed by atoms with E-state index in [1.165, 1.54) is 4.31 Å². The fraction of sp³-hybridized carbons (Fsp3) is 0.500. The number of sulfonamides is 1. The first-order valence-electron chi connectivity index (χ1n) is 5.75. The van der Waals surface area contributed by atoms with Crippen LogP contribution in [-0.2, 0) is 10.0 Å². The van der Waals surface area contributed by atoms with Gasteiger partial charge in [0.15, 0.2) is 0 Å². The Morgan fingerprint density at radius 3 is 2.35 bits per heavy atom. The SMILES string of the molecule is CCN(c1ccccc1)S(=O)(=O)C(C)CNC. The smallest absolute Gasteiger partial charge is 0.239 e. The van der Waals surface area contributed by atoms with E-state index in [1.807, 2.05) is 37.3 Å². The van der Waals surface area contributed by atoms with E-state index in [0.717, 1.165) is 5.69 Å². The third kappa shape index (κ3) is 3.20. The fourth-order valence-electron chi connectivity index (χ4n) is 1.71. The molecule has 5 heteroatoms. The van der Waals surface area contributed by atoms with Crippen molar-refractivity contribution >= 4 is 15.7 Å². The normalized spacial score (nSPS) is 13.4. The van der Waals surface area contributed by atoms with Crippen molar-refractivity contribution in [3.05, 3.63) is 30.3 Å². The number of hydrogen-bond donors (Lipinski definition) is 1. The molecule has 4 nitrogen and oxygen atoms in total. The van der Waals surface area contributed by atoms with Gasteiger partial charge in [-0.05, 0) is 33.0 Å². The highest BCUT2D eigenvalue weighted by Gasteiger charge is 2.27. The van der Waals surface area contributed by atoms with E-state index in [0.29, 0.717) is 13.1 Å². The summed E-state index contributed by atoms with van der Waals surface area (Å²) in [4.78, 5) is 0. The Balaban J connectivity index is 3.03. The van der Waals surface area contributed by atoms with Crippen molar-refractivity contribution < 1.29 is 8.42 Å². The highest BCUT2D eigenvalue weighted by molar-refractivity contribution is 7.93. The van der Waals surface area contributed by atoms with Crippen molar-refractivity contribution in [2.24, 2.45) is 0 Å². The van der Waals surface area contributed by atoms with Crippen molar-refractivity contribution in [2.75, 3.05) is 24.4 Å². The quantitative estimate of drug-likeness (QED) is 0.838. The zero-order valence-electron chi connectivity index (χ0n) is 10.6. The molecule has 96 valence electrons. The zero-order valence-corrected chi connectivity index (χ0v) is 11.4. The van der Waals surface area contributed by atoms with Crippen LogP contribution in [0, 0.1) is 0 Å². The van der Waals surface area contributed by atoms with Crippen LogP contribution in [0.25, 0.3) is 0 Å². The van der Waals surface area contributed by atoms with Gasteiger partial charge in [0.2, 0.25) is 10.0 Å². The minimum Gasteiger partial charge on any atom is -0.318 e. The van der Waals surface area contributed by atoms with Crippen molar-refractivity contribution in [1.82, 2.24) is 5.32 Å². The summed E-state index contributed by atoms with van der Waals surface area (Å²) < 4.78 is 26.1. The van der Waals surface area contributed by atoms with Gasteiger partial charge in [-0.1, -0.05) is 18.2 Å². The Kier molecular flexibility index (Phi) is 4.96. The molecule has 1 aromatic rings. The van der Waals surface area contributed by atoms with Crippen LogP contribution in [0.2, 0.25) is 0 Å². The van der Waals surface area contributed by atoms with Crippen LogP contribution in [0.5, 0.6) is 0 Å². The molecule has 0 saturated carbocycles. The second-order valence-electron chi connectivity index (χ2n) is 3.91. The van der Waals surface area contributed by atoms with Gasteiger partial charge in [0.25, 0.3) is 0 Å². The van der Waals surface area contributed by atoms with Gasteiger partial charge >= 0.3 is 0 Å². The molecule has 0 saturated heterocycles. The van der Waals surface area contributed by atoms with Gasteiger partial charge in [-0.15, -0.1) is 0 Å². The summed E-state index contributed by atoms with van der Waals surface area (Å²) in [5.41, 5.74) is 0.720. The van der Waals surface area contributed by atoms with E-state index < -0.39 is 15.3 Å². The van der Waals surface area contributed by atoms with Gasteiger partial charge < -0.3 is 5.32 Å². The lowest BCUT2D eigenvalue weighted by Crippen LogP contribution is -2.41. The van der Waals surface area contributed by atoms with E-state index >= 15 is 0 Å². The molecule has 1 aromatic carbocycles. The molecule has 0 amide bonds. The summed E-state index contributed by atoms with van der Waals surface area (Å²) in [5, 5.41) is 2.46. The van der Waals surface area contributed by atoms with Crippen LogP contribution in [0.3, 0.4) is 0 Å². The average Bonchev–Trinajstić information content (AvgIpc) is 2.31. The molecule has 1 rings (SSSR count). The summed E-state index contributed by atoms with van der Waals surface area (Å²) in [6.07, 6.45) is 0. The van der Waals surface area contributed by atoms with Crippen molar-refractivity contribution in [2.45, 2.75) is 19.1 Å². The molecule has 0 aromatic heterocycles. The van der Waals surface area contributed by atoms with Gasteiger partial charge in [0.1, 0.15) is 0 Å². The van der Waals surface area contributed by atoms with Crippen LogP contribution in [0.1, 0.15) is 13.8 Å². The molecule has 0 radical (unpaired) electrons. The highest BCUT2D eigenvalue weighted by atomic mass is 32.2. The van der Waals surface area contributed by atoms with E-state index in [1.54, 1.807) is 14.0 Å². The molecule has 17 heavy (non-hydrogen) atoms.